The summed E-state index contributed by atoms with van der Waals surface area (Å²) < 4.78 is 2.22. The van der Waals surface area contributed by atoms with Gasteiger partial charge in [0.1, 0.15) is 0 Å². The van der Waals surface area contributed by atoms with Crippen LogP contribution in [0, 0.1) is 5.41 Å². The number of allylic oxidation sites excluding steroid dienone is 3. The SMILES string of the molecule is CC1=CC(C)(C)N(C)c2ccc(C3C4=C(CC(C)(C)CC4=O)Nc4nc5ccccc5n43)cc21. The van der Waals surface area contributed by atoms with Gasteiger partial charge in [-0.15, -0.1) is 0 Å². The van der Waals surface area contributed by atoms with E-state index in [4.69, 9.17) is 4.98 Å². The summed E-state index contributed by atoms with van der Waals surface area (Å²) in [7, 11) is 2.15. The molecule has 5 nitrogen and oxygen atoms in total. The van der Waals surface area contributed by atoms with Crippen molar-refractivity contribution in [1.82, 2.24) is 9.55 Å². The molecular formula is C29H32N4O. The third kappa shape index (κ3) is 2.99. The predicted octanol–water partition coefficient (Wildman–Crippen LogP) is 6.33. The summed E-state index contributed by atoms with van der Waals surface area (Å²) in [4.78, 5) is 20.9. The third-order valence-corrected chi connectivity index (χ3v) is 7.87. The molecule has 2 aromatic carbocycles. The van der Waals surface area contributed by atoms with Gasteiger partial charge in [-0.25, -0.2) is 4.98 Å². The van der Waals surface area contributed by atoms with Gasteiger partial charge >= 0.3 is 0 Å². The van der Waals surface area contributed by atoms with Gasteiger partial charge < -0.3 is 10.2 Å². The molecule has 1 unspecified atom stereocenters. The molecule has 0 saturated carbocycles. The number of anilines is 2. The van der Waals surface area contributed by atoms with Crippen LogP contribution < -0.4 is 10.2 Å². The number of hydrogen-bond donors (Lipinski definition) is 1. The quantitative estimate of drug-likeness (QED) is 0.469. The molecule has 1 atom stereocenters. The number of likely N-dealkylation sites (N-methyl/N-ethyl adjacent to an activating group) is 1. The summed E-state index contributed by atoms with van der Waals surface area (Å²) >= 11 is 0. The summed E-state index contributed by atoms with van der Waals surface area (Å²) in [5, 5.41) is 3.55. The van der Waals surface area contributed by atoms with E-state index in [2.05, 4.69) is 86.8 Å². The Bertz CT molecular complexity index is 1440. The summed E-state index contributed by atoms with van der Waals surface area (Å²) in [6, 6.07) is 14.7. The van der Waals surface area contributed by atoms with Gasteiger partial charge in [0, 0.05) is 36.0 Å². The van der Waals surface area contributed by atoms with E-state index in [1.807, 2.05) is 18.2 Å². The molecule has 34 heavy (non-hydrogen) atoms. The minimum Gasteiger partial charge on any atom is -0.366 e. The first-order valence-corrected chi connectivity index (χ1v) is 12.1. The number of fused-ring (bicyclic) bond motifs is 4. The van der Waals surface area contributed by atoms with Gasteiger partial charge in [-0.3, -0.25) is 9.36 Å². The number of benzene rings is 2. The molecule has 3 aliphatic rings. The van der Waals surface area contributed by atoms with Crippen LogP contribution in [0.4, 0.5) is 11.6 Å². The largest absolute Gasteiger partial charge is 0.366 e. The molecule has 0 fully saturated rings. The first-order chi connectivity index (χ1) is 16.1. The number of para-hydroxylation sites is 2. The number of imidazole rings is 1. The summed E-state index contributed by atoms with van der Waals surface area (Å²) in [6.45, 7) is 11.0. The first-order valence-electron chi connectivity index (χ1n) is 12.1. The van der Waals surface area contributed by atoms with Crippen molar-refractivity contribution in [3.8, 4) is 0 Å². The Labute approximate surface area is 201 Å². The van der Waals surface area contributed by atoms with Crippen LogP contribution in [-0.2, 0) is 4.79 Å². The number of hydrogen-bond acceptors (Lipinski definition) is 4. The topological polar surface area (TPSA) is 50.2 Å². The van der Waals surface area contributed by atoms with Gasteiger partial charge in [0.15, 0.2) is 5.78 Å². The molecule has 0 amide bonds. The molecule has 3 heterocycles. The molecule has 0 bridgehead atoms. The van der Waals surface area contributed by atoms with E-state index >= 15 is 0 Å². The zero-order chi connectivity index (χ0) is 24.0. The van der Waals surface area contributed by atoms with E-state index < -0.39 is 0 Å². The van der Waals surface area contributed by atoms with Gasteiger partial charge in [-0.05, 0) is 68.0 Å². The van der Waals surface area contributed by atoms with Crippen LogP contribution in [0.5, 0.6) is 0 Å². The van der Waals surface area contributed by atoms with Gasteiger partial charge in [-0.2, -0.15) is 0 Å². The highest BCUT2D eigenvalue weighted by Crippen LogP contribution is 2.48. The zero-order valence-corrected chi connectivity index (χ0v) is 20.9. The molecule has 0 spiro atoms. The number of ketones is 1. The molecule has 2 aliphatic heterocycles. The maximum absolute atomic E-state index is 13.6. The molecule has 1 N–H and O–H groups in total. The monoisotopic (exact) mass is 452 g/mol. The lowest BCUT2D eigenvalue weighted by Crippen LogP contribution is -2.42. The Balaban J connectivity index is 1.60. The molecular weight excluding hydrogens is 420 g/mol. The van der Waals surface area contributed by atoms with Crippen LogP contribution in [0.2, 0.25) is 0 Å². The van der Waals surface area contributed by atoms with E-state index in [-0.39, 0.29) is 22.8 Å². The van der Waals surface area contributed by atoms with Crippen molar-refractivity contribution in [1.29, 1.82) is 0 Å². The van der Waals surface area contributed by atoms with Gasteiger partial charge in [-0.1, -0.05) is 38.1 Å². The fraction of sp³-hybridized carbons (Fsp3) is 0.379. The predicted molar refractivity (Wildman–Crippen MR) is 139 cm³/mol. The number of carbonyl (C=O) groups excluding carboxylic acids is 1. The van der Waals surface area contributed by atoms with E-state index in [1.165, 1.54) is 16.8 Å². The molecule has 1 aromatic heterocycles. The lowest BCUT2D eigenvalue weighted by atomic mass is 9.72. The molecule has 6 rings (SSSR count). The van der Waals surface area contributed by atoms with Crippen LogP contribution in [-0.4, -0.2) is 27.9 Å². The number of aromatic nitrogens is 2. The average Bonchev–Trinajstić information content (AvgIpc) is 3.12. The maximum Gasteiger partial charge on any atom is 0.209 e. The zero-order valence-electron chi connectivity index (χ0n) is 20.9. The normalized spacial score (nSPS) is 22.6. The average molecular weight is 453 g/mol. The second-order valence-electron chi connectivity index (χ2n) is 11.5. The highest BCUT2D eigenvalue weighted by Gasteiger charge is 2.42. The maximum atomic E-state index is 13.6. The number of Topliss-reactive ketones (excluding diaryl/α,β-unsaturated/α-hetero) is 1. The Morgan fingerprint density at radius 3 is 2.62 bits per heavy atom. The molecule has 0 saturated heterocycles. The summed E-state index contributed by atoms with van der Waals surface area (Å²) in [5.74, 6) is 1.05. The Morgan fingerprint density at radius 2 is 1.82 bits per heavy atom. The van der Waals surface area contributed by atoms with Crippen LogP contribution in [0.25, 0.3) is 16.6 Å². The highest BCUT2D eigenvalue weighted by molar-refractivity contribution is 6.01. The van der Waals surface area contributed by atoms with Crippen molar-refractivity contribution < 1.29 is 4.79 Å². The van der Waals surface area contributed by atoms with Crippen molar-refractivity contribution >= 4 is 34.0 Å². The first kappa shape index (κ1) is 21.2. The lowest BCUT2D eigenvalue weighted by Gasteiger charge is -2.42. The van der Waals surface area contributed by atoms with Crippen LogP contribution in [0.15, 0.2) is 59.8 Å². The molecule has 1 aliphatic carbocycles. The Hall–Kier alpha value is -3.34. The minimum absolute atomic E-state index is 0.0400. The van der Waals surface area contributed by atoms with E-state index in [0.717, 1.165) is 40.2 Å². The standard InChI is InChI=1S/C29H32N4O/c1-17-14-29(4,5)32(6)22-12-11-18(13-19(17)22)26-25-21(15-28(2,3)16-24(25)34)31-27-30-20-9-7-8-10-23(20)33(26)27/h7-14,26H,15-16H2,1-6H3,(H,30,31). The number of rotatable bonds is 1. The van der Waals surface area contributed by atoms with Crippen molar-refractivity contribution in [2.24, 2.45) is 5.41 Å². The van der Waals surface area contributed by atoms with Crippen LogP contribution in [0.3, 0.4) is 0 Å². The van der Waals surface area contributed by atoms with Crippen molar-refractivity contribution in [2.45, 2.75) is 59.0 Å². The van der Waals surface area contributed by atoms with Crippen molar-refractivity contribution in [3.05, 3.63) is 70.9 Å². The fourth-order valence-electron chi connectivity index (χ4n) is 6.08. The highest BCUT2D eigenvalue weighted by atomic mass is 16.1. The van der Waals surface area contributed by atoms with Crippen molar-refractivity contribution in [3.63, 3.8) is 0 Å². The minimum atomic E-state index is -0.194. The van der Waals surface area contributed by atoms with Crippen LogP contribution in [0.1, 0.15) is 64.6 Å². The smallest absolute Gasteiger partial charge is 0.209 e. The molecule has 174 valence electrons. The van der Waals surface area contributed by atoms with Gasteiger partial charge in [0.2, 0.25) is 5.95 Å². The fourth-order valence-corrected chi connectivity index (χ4v) is 6.08. The van der Waals surface area contributed by atoms with E-state index in [0.29, 0.717) is 6.42 Å². The third-order valence-electron chi connectivity index (χ3n) is 7.87. The molecule has 3 aromatic rings. The summed E-state index contributed by atoms with van der Waals surface area (Å²) in [5.41, 5.74) is 8.66. The van der Waals surface area contributed by atoms with Crippen molar-refractivity contribution in [2.75, 3.05) is 17.3 Å². The summed E-state index contributed by atoms with van der Waals surface area (Å²) in [6.07, 6.45) is 3.74. The Kier molecular flexibility index (Phi) is 4.27. The number of nitrogens with one attached hydrogen (secondary N) is 1. The van der Waals surface area contributed by atoms with Gasteiger partial charge in [0.25, 0.3) is 0 Å². The second-order valence-corrected chi connectivity index (χ2v) is 11.5. The Morgan fingerprint density at radius 1 is 1.06 bits per heavy atom. The second kappa shape index (κ2) is 6.84. The molecule has 5 heteroatoms. The number of nitrogens with zero attached hydrogens (tertiary/aromatic N) is 3. The number of carbonyl (C=O) groups is 1. The van der Waals surface area contributed by atoms with Gasteiger partial charge in [0.05, 0.1) is 22.6 Å². The lowest BCUT2D eigenvalue weighted by molar-refractivity contribution is -0.118. The molecule has 0 radical (unpaired) electrons. The van der Waals surface area contributed by atoms with Crippen LogP contribution >= 0.6 is 0 Å². The van der Waals surface area contributed by atoms with E-state index in [9.17, 15) is 4.79 Å². The van der Waals surface area contributed by atoms with E-state index in [1.54, 1.807) is 0 Å².